The first-order valence-electron chi connectivity index (χ1n) is 9.74. The molecule has 0 bridgehead atoms. The predicted octanol–water partition coefficient (Wildman–Crippen LogP) is 5.99. The lowest BCUT2D eigenvalue weighted by Crippen LogP contribution is -2.32. The largest absolute Gasteiger partial charge is 0.350 e. The van der Waals surface area contributed by atoms with Crippen LogP contribution in [0.3, 0.4) is 0 Å². The van der Waals surface area contributed by atoms with Crippen molar-refractivity contribution in [1.29, 1.82) is 0 Å². The van der Waals surface area contributed by atoms with Gasteiger partial charge in [-0.25, -0.2) is 4.90 Å². The highest BCUT2D eigenvalue weighted by Gasteiger charge is 2.40. The number of hydrogen-bond donors (Lipinski definition) is 2. The normalized spacial score (nSPS) is 13.5. The topological polar surface area (TPSA) is 78.5 Å². The Balaban J connectivity index is 1.51. The van der Waals surface area contributed by atoms with Gasteiger partial charge >= 0.3 is 0 Å². The summed E-state index contributed by atoms with van der Waals surface area (Å²) in [6.45, 7) is 1.90. The van der Waals surface area contributed by atoms with Crippen LogP contribution in [0, 0.1) is 6.92 Å². The highest BCUT2D eigenvalue weighted by Crippen LogP contribution is 2.35. The van der Waals surface area contributed by atoms with Gasteiger partial charge < -0.3 is 10.6 Å². The fourth-order valence-corrected chi connectivity index (χ4v) is 3.83. The summed E-state index contributed by atoms with van der Waals surface area (Å²) < 4.78 is 0. The average molecular weight is 501 g/mol. The number of para-hydroxylation sites is 1. The van der Waals surface area contributed by atoms with Crippen molar-refractivity contribution in [1.82, 2.24) is 0 Å². The lowest BCUT2D eigenvalue weighted by atomic mass is 10.1. The third-order valence-electron chi connectivity index (χ3n) is 4.99. The van der Waals surface area contributed by atoms with Crippen molar-refractivity contribution in [3.8, 4) is 0 Å². The molecule has 1 aliphatic rings. The molecule has 0 aliphatic carbocycles. The van der Waals surface area contributed by atoms with Crippen LogP contribution in [0.1, 0.15) is 15.9 Å². The second-order valence-corrected chi connectivity index (χ2v) is 8.42. The highest BCUT2D eigenvalue weighted by atomic mass is 35.5. The van der Waals surface area contributed by atoms with Crippen LogP contribution in [-0.2, 0) is 9.59 Å². The van der Waals surface area contributed by atoms with Crippen LogP contribution in [0.15, 0.2) is 77.5 Å². The van der Waals surface area contributed by atoms with E-state index in [2.05, 4.69) is 10.6 Å². The summed E-state index contributed by atoms with van der Waals surface area (Å²) in [6, 6.07) is 18.3. The van der Waals surface area contributed by atoms with Crippen molar-refractivity contribution < 1.29 is 14.4 Å². The van der Waals surface area contributed by atoms with Crippen molar-refractivity contribution in [2.45, 2.75) is 6.92 Å². The van der Waals surface area contributed by atoms with Crippen LogP contribution in [0.25, 0.3) is 0 Å². The van der Waals surface area contributed by atoms with E-state index in [9.17, 15) is 14.4 Å². The Morgan fingerprint density at radius 2 is 1.58 bits per heavy atom. The van der Waals surface area contributed by atoms with Gasteiger partial charge in [-0.15, -0.1) is 0 Å². The third kappa shape index (κ3) is 4.59. The van der Waals surface area contributed by atoms with Crippen LogP contribution in [-0.4, -0.2) is 17.7 Å². The smallest absolute Gasteiger partial charge is 0.283 e. The Labute approximate surface area is 204 Å². The van der Waals surface area contributed by atoms with Crippen molar-refractivity contribution >= 4 is 69.6 Å². The third-order valence-corrected chi connectivity index (χ3v) is 5.89. The van der Waals surface area contributed by atoms with Crippen molar-refractivity contribution in [2.24, 2.45) is 0 Å². The summed E-state index contributed by atoms with van der Waals surface area (Å²) >= 11 is 18.3. The van der Waals surface area contributed by atoms with Crippen molar-refractivity contribution in [2.75, 3.05) is 15.5 Å². The Morgan fingerprint density at radius 3 is 2.27 bits per heavy atom. The number of halogens is 3. The molecule has 1 heterocycles. The first kappa shape index (κ1) is 22.9. The van der Waals surface area contributed by atoms with Crippen LogP contribution < -0.4 is 15.5 Å². The molecule has 33 heavy (non-hydrogen) atoms. The molecule has 0 spiro atoms. The number of rotatable bonds is 5. The molecule has 166 valence electrons. The molecule has 0 fully saturated rings. The maximum atomic E-state index is 12.9. The second kappa shape index (κ2) is 9.27. The summed E-state index contributed by atoms with van der Waals surface area (Å²) in [4.78, 5) is 39.0. The van der Waals surface area contributed by atoms with Gasteiger partial charge in [-0.05, 0) is 61.0 Å². The fraction of sp³-hybridized carbons (Fsp3) is 0.0417. The van der Waals surface area contributed by atoms with Gasteiger partial charge in [-0.1, -0.05) is 53.0 Å². The van der Waals surface area contributed by atoms with Crippen LogP contribution in [0.5, 0.6) is 0 Å². The Kier molecular flexibility index (Phi) is 6.42. The molecule has 0 saturated heterocycles. The number of carbonyl (C=O) groups excluding carboxylic acids is 3. The minimum absolute atomic E-state index is 0.102. The van der Waals surface area contributed by atoms with Crippen molar-refractivity contribution in [3.05, 3.63) is 98.6 Å². The molecule has 3 aromatic rings. The molecule has 0 radical (unpaired) electrons. The molecule has 4 rings (SSSR count). The SMILES string of the molecule is Cc1ccccc1NC(=O)c1ccc(NC2=C(Cl)C(=O)N(c3cc(Cl)ccc3Cl)C2=O)cc1. The number of hydrogen-bond acceptors (Lipinski definition) is 4. The van der Waals surface area contributed by atoms with Gasteiger partial charge in [-0.2, -0.15) is 0 Å². The van der Waals surface area contributed by atoms with Crippen LogP contribution in [0.2, 0.25) is 10.0 Å². The van der Waals surface area contributed by atoms with Gasteiger partial charge in [0.15, 0.2) is 0 Å². The number of carbonyl (C=O) groups is 3. The maximum absolute atomic E-state index is 12.9. The number of amides is 3. The van der Waals surface area contributed by atoms with E-state index in [1.807, 2.05) is 31.2 Å². The molecular weight excluding hydrogens is 485 g/mol. The van der Waals surface area contributed by atoms with E-state index in [0.29, 0.717) is 16.3 Å². The molecule has 1 aliphatic heterocycles. The Bertz CT molecular complexity index is 1320. The predicted molar refractivity (Wildman–Crippen MR) is 131 cm³/mol. The lowest BCUT2D eigenvalue weighted by Gasteiger charge is -2.17. The standard InChI is InChI=1S/C24H16Cl3N3O3/c1-13-4-2-3-5-18(13)29-22(31)14-6-9-16(10-7-14)28-21-20(27)23(32)30(24(21)33)19-12-15(25)8-11-17(19)26/h2-12,28H,1H3,(H,29,31). The van der Waals surface area contributed by atoms with Crippen LogP contribution >= 0.6 is 34.8 Å². The molecule has 3 aromatic carbocycles. The zero-order valence-electron chi connectivity index (χ0n) is 17.2. The number of nitrogens with zero attached hydrogens (tertiary/aromatic N) is 1. The van der Waals surface area contributed by atoms with Gasteiger partial charge in [0.25, 0.3) is 17.7 Å². The molecule has 0 aromatic heterocycles. The van der Waals surface area contributed by atoms with E-state index in [0.717, 1.165) is 16.2 Å². The molecular formula is C24H16Cl3N3O3. The minimum Gasteiger partial charge on any atom is -0.350 e. The first-order chi connectivity index (χ1) is 15.8. The molecule has 0 unspecified atom stereocenters. The first-order valence-corrected chi connectivity index (χ1v) is 10.9. The zero-order valence-corrected chi connectivity index (χ0v) is 19.4. The van der Waals surface area contributed by atoms with E-state index in [4.69, 9.17) is 34.8 Å². The monoisotopic (exact) mass is 499 g/mol. The van der Waals surface area contributed by atoms with E-state index < -0.39 is 11.8 Å². The van der Waals surface area contributed by atoms with Crippen LogP contribution in [0.4, 0.5) is 17.1 Å². The fourth-order valence-electron chi connectivity index (χ4n) is 3.24. The Morgan fingerprint density at radius 1 is 0.879 bits per heavy atom. The van der Waals surface area contributed by atoms with E-state index >= 15 is 0 Å². The molecule has 2 N–H and O–H groups in total. The van der Waals surface area contributed by atoms with E-state index in [1.165, 1.54) is 12.1 Å². The summed E-state index contributed by atoms with van der Waals surface area (Å²) in [5.41, 5.74) is 2.59. The van der Waals surface area contributed by atoms with Gasteiger partial charge in [0.1, 0.15) is 10.7 Å². The molecule has 0 atom stereocenters. The molecule has 3 amide bonds. The maximum Gasteiger partial charge on any atom is 0.283 e. The lowest BCUT2D eigenvalue weighted by molar-refractivity contribution is -0.120. The average Bonchev–Trinajstić information content (AvgIpc) is 3.00. The minimum atomic E-state index is -0.720. The van der Waals surface area contributed by atoms with Gasteiger partial charge in [0.05, 0.1) is 10.7 Å². The van der Waals surface area contributed by atoms with Gasteiger partial charge in [0, 0.05) is 22.0 Å². The zero-order chi connectivity index (χ0) is 23.7. The summed E-state index contributed by atoms with van der Waals surface area (Å²) in [5.74, 6) is -1.67. The number of aryl methyl sites for hydroxylation is 1. The van der Waals surface area contributed by atoms with E-state index in [1.54, 1.807) is 30.3 Å². The summed E-state index contributed by atoms with van der Waals surface area (Å²) in [7, 11) is 0. The molecule has 9 heteroatoms. The van der Waals surface area contributed by atoms with Crippen molar-refractivity contribution in [3.63, 3.8) is 0 Å². The second-order valence-electron chi connectivity index (χ2n) is 7.20. The molecule has 0 saturated carbocycles. The van der Waals surface area contributed by atoms with Gasteiger partial charge in [-0.3, -0.25) is 14.4 Å². The van der Waals surface area contributed by atoms with Gasteiger partial charge in [0.2, 0.25) is 0 Å². The molecule has 6 nitrogen and oxygen atoms in total. The number of benzene rings is 3. The quantitative estimate of drug-likeness (QED) is 0.422. The summed E-state index contributed by atoms with van der Waals surface area (Å²) in [6.07, 6.45) is 0. The number of anilines is 3. The summed E-state index contributed by atoms with van der Waals surface area (Å²) in [5, 5.41) is 5.92. The highest BCUT2D eigenvalue weighted by molar-refractivity contribution is 6.54. The van der Waals surface area contributed by atoms with E-state index in [-0.39, 0.29) is 27.3 Å². The number of imide groups is 1. The Hall–Kier alpha value is -3.32. The number of nitrogens with one attached hydrogen (secondary N) is 2.